The van der Waals surface area contributed by atoms with Crippen LogP contribution < -0.4 is 14.9 Å². The van der Waals surface area contributed by atoms with Crippen LogP contribution in [0.15, 0.2) is 18.2 Å². The highest BCUT2D eigenvalue weighted by atomic mass is 16.7. The Bertz CT molecular complexity index is 422. The van der Waals surface area contributed by atoms with Crippen LogP contribution in [0.3, 0.4) is 0 Å². The van der Waals surface area contributed by atoms with Crippen molar-refractivity contribution in [3.8, 4) is 11.5 Å². The zero-order chi connectivity index (χ0) is 14.4. The van der Waals surface area contributed by atoms with Gasteiger partial charge in [0.05, 0.1) is 0 Å². The molecule has 0 bridgehead atoms. The fraction of sp³-hybridized carbons (Fsp3) is 0.600. The fourth-order valence-electron chi connectivity index (χ4n) is 2.39. The Morgan fingerprint density at radius 1 is 1.00 bits per heavy atom. The number of benzene rings is 1. The minimum Gasteiger partial charge on any atom is -0.451 e. The van der Waals surface area contributed by atoms with Gasteiger partial charge in [0.15, 0.2) is 11.5 Å². The molecule has 1 heterocycles. The summed E-state index contributed by atoms with van der Waals surface area (Å²) in [5.74, 6) is 1.29. The molecule has 4 nitrogen and oxygen atoms in total. The molecule has 0 fully saturated rings. The van der Waals surface area contributed by atoms with Gasteiger partial charge in [0.2, 0.25) is 6.29 Å². The van der Waals surface area contributed by atoms with E-state index in [4.69, 9.17) is 19.5 Å². The van der Waals surface area contributed by atoms with E-state index >= 15 is 0 Å². The normalized spacial score (nSPS) is 16.4. The minimum absolute atomic E-state index is 0.234. The van der Waals surface area contributed by atoms with Gasteiger partial charge >= 0.3 is 7.12 Å². The van der Waals surface area contributed by atoms with Crippen molar-refractivity contribution in [3.63, 3.8) is 0 Å². The van der Waals surface area contributed by atoms with Crippen LogP contribution in [0, 0.1) is 0 Å². The monoisotopic (exact) mass is 278 g/mol. The molecule has 0 spiro atoms. The lowest BCUT2D eigenvalue weighted by atomic mass is 9.80. The second-order valence-electron chi connectivity index (χ2n) is 5.30. The maximum atomic E-state index is 9.12. The number of ether oxygens (including phenoxy) is 2. The van der Waals surface area contributed by atoms with Crippen molar-refractivity contribution >= 4 is 12.6 Å². The highest BCUT2D eigenvalue weighted by molar-refractivity contribution is 6.58. The SMILES string of the molecule is CCCCCCCCC1Oc2ccc(B(O)O)cc2O1. The number of hydrogen-bond acceptors (Lipinski definition) is 4. The molecule has 2 N–H and O–H groups in total. The molecule has 0 aromatic heterocycles. The first-order chi connectivity index (χ1) is 9.70. The molecule has 20 heavy (non-hydrogen) atoms. The van der Waals surface area contributed by atoms with Gasteiger partial charge in [-0.05, 0) is 24.0 Å². The van der Waals surface area contributed by atoms with Gasteiger partial charge in [-0.3, -0.25) is 0 Å². The maximum absolute atomic E-state index is 9.12. The van der Waals surface area contributed by atoms with E-state index in [0.29, 0.717) is 17.0 Å². The summed E-state index contributed by atoms with van der Waals surface area (Å²) in [4.78, 5) is 0. The largest absolute Gasteiger partial charge is 0.488 e. The maximum Gasteiger partial charge on any atom is 0.488 e. The molecule has 1 aromatic carbocycles. The molecule has 0 saturated carbocycles. The molecule has 1 unspecified atom stereocenters. The third kappa shape index (κ3) is 4.15. The molecule has 0 saturated heterocycles. The summed E-state index contributed by atoms with van der Waals surface area (Å²) in [5, 5.41) is 18.2. The van der Waals surface area contributed by atoms with E-state index in [1.165, 1.54) is 32.1 Å². The summed E-state index contributed by atoms with van der Waals surface area (Å²) in [5.41, 5.74) is 0.424. The summed E-state index contributed by atoms with van der Waals surface area (Å²) in [6.07, 6.45) is 8.10. The lowest BCUT2D eigenvalue weighted by Crippen LogP contribution is -2.29. The van der Waals surface area contributed by atoms with Gasteiger partial charge in [-0.25, -0.2) is 0 Å². The molecule has 110 valence electrons. The molecular weight excluding hydrogens is 255 g/mol. The number of fused-ring (bicyclic) bond motifs is 1. The molecule has 0 amide bonds. The molecule has 1 aliphatic rings. The second-order valence-corrected chi connectivity index (χ2v) is 5.30. The Labute approximate surface area is 120 Å². The molecule has 2 rings (SSSR count). The van der Waals surface area contributed by atoms with Crippen molar-refractivity contribution in [3.05, 3.63) is 18.2 Å². The molecule has 5 heteroatoms. The van der Waals surface area contributed by atoms with Crippen molar-refractivity contribution < 1.29 is 19.5 Å². The Kier molecular flexibility index (Phi) is 5.74. The predicted octanol–water partition coefficient (Wildman–Crippen LogP) is 2.21. The lowest BCUT2D eigenvalue weighted by molar-refractivity contribution is 0.0395. The standard InChI is InChI=1S/C15H23BO4/c1-2-3-4-5-6-7-8-15-19-13-10-9-12(16(17)18)11-14(13)20-15/h9-11,15,17-18H,2-8H2,1H3. The lowest BCUT2D eigenvalue weighted by Gasteiger charge is -2.09. The van der Waals surface area contributed by atoms with Crippen LogP contribution in [0.1, 0.15) is 51.9 Å². The number of unbranched alkanes of at least 4 members (excludes halogenated alkanes) is 5. The molecule has 1 aromatic rings. The number of hydrogen-bond donors (Lipinski definition) is 2. The van der Waals surface area contributed by atoms with E-state index in [1.807, 2.05) is 0 Å². The molecular formula is C15H23BO4. The third-order valence-electron chi connectivity index (χ3n) is 3.58. The van der Waals surface area contributed by atoms with Crippen LogP contribution in [-0.2, 0) is 0 Å². The quantitative estimate of drug-likeness (QED) is 0.565. The smallest absolute Gasteiger partial charge is 0.451 e. The van der Waals surface area contributed by atoms with E-state index in [-0.39, 0.29) is 6.29 Å². The van der Waals surface area contributed by atoms with Crippen molar-refractivity contribution in [1.82, 2.24) is 0 Å². The first-order valence-corrected chi connectivity index (χ1v) is 7.54. The zero-order valence-corrected chi connectivity index (χ0v) is 12.0. The Morgan fingerprint density at radius 2 is 1.70 bits per heavy atom. The predicted molar refractivity (Wildman–Crippen MR) is 79.3 cm³/mol. The first-order valence-electron chi connectivity index (χ1n) is 7.54. The molecule has 1 atom stereocenters. The van der Waals surface area contributed by atoms with Crippen LogP contribution in [0.25, 0.3) is 0 Å². The Balaban J connectivity index is 1.73. The second kappa shape index (κ2) is 7.55. The fourth-order valence-corrected chi connectivity index (χ4v) is 2.39. The summed E-state index contributed by atoms with van der Waals surface area (Å²) < 4.78 is 11.4. The van der Waals surface area contributed by atoms with Gasteiger partial charge in [-0.2, -0.15) is 0 Å². The van der Waals surface area contributed by atoms with Gasteiger partial charge in [0, 0.05) is 6.42 Å². The summed E-state index contributed by atoms with van der Waals surface area (Å²) >= 11 is 0. The molecule has 0 radical (unpaired) electrons. The van der Waals surface area contributed by atoms with Crippen molar-refractivity contribution in [2.24, 2.45) is 0 Å². The van der Waals surface area contributed by atoms with Crippen LogP contribution >= 0.6 is 0 Å². The Morgan fingerprint density at radius 3 is 2.45 bits per heavy atom. The van der Waals surface area contributed by atoms with Gasteiger partial charge in [0.1, 0.15) is 0 Å². The number of rotatable bonds is 8. The average Bonchev–Trinajstić information content (AvgIpc) is 2.84. The average molecular weight is 278 g/mol. The topological polar surface area (TPSA) is 58.9 Å². The summed E-state index contributed by atoms with van der Waals surface area (Å²) in [7, 11) is -1.47. The van der Waals surface area contributed by atoms with Gasteiger partial charge in [-0.1, -0.05) is 45.1 Å². The van der Waals surface area contributed by atoms with E-state index in [9.17, 15) is 0 Å². The summed E-state index contributed by atoms with van der Waals surface area (Å²) in [6, 6.07) is 4.99. The molecule has 1 aliphatic heterocycles. The zero-order valence-electron chi connectivity index (χ0n) is 12.0. The Hall–Kier alpha value is -1.20. The third-order valence-corrected chi connectivity index (χ3v) is 3.58. The van der Waals surface area contributed by atoms with Gasteiger partial charge in [-0.15, -0.1) is 0 Å². The van der Waals surface area contributed by atoms with Crippen LogP contribution in [0.2, 0.25) is 0 Å². The van der Waals surface area contributed by atoms with Crippen LogP contribution in [0.4, 0.5) is 0 Å². The van der Waals surface area contributed by atoms with Crippen molar-refractivity contribution in [1.29, 1.82) is 0 Å². The van der Waals surface area contributed by atoms with E-state index in [1.54, 1.807) is 18.2 Å². The van der Waals surface area contributed by atoms with Gasteiger partial charge < -0.3 is 19.5 Å². The van der Waals surface area contributed by atoms with Crippen LogP contribution in [-0.4, -0.2) is 23.5 Å². The highest BCUT2D eigenvalue weighted by Crippen LogP contribution is 2.34. The van der Waals surface area contributed by atoms with Crippen LogP contribution in [0.5, 0.6) is 11.5 Å². The van der Waals surface area contributed by atoms with Gasteiger partial charge in [0.25, 0.3) is 0 Å². The first kappa shape index (κ1) is 15.2. The van der Waals surface area contributed by atoms with E-state index in [2.05, 4.69) is 6.92 Å². The minimum atomic E-state index is -1.47. The van der Waals surface area contributed by atoms with E-state index < -0.39 is 7.12 Å². The van der Waals surface area contributed by atoms with Crippen molar-refractivity contribution in [2.45, 2.75) is 58.2 Å². The summed E-state index contributed by atoms with van der Waals surface area (Å²) in [6.45, 7) is 2.22. The van der Waals surface area contributed by atoms with Crippen molar-refractivity contribution in [2.75, 3.05) is 0 Å². The highest BCUT2D eigenvalue weighted by Gasteiger charge is 2.25. The molecule has 0 aliphatic carbocycles. The van der Waals surface area contributed by atoms with E-state index in [0.717, 1.165) is 12.8 Å².